The summed E-state index contributed by atoms with van der Waals surface area (Å²) in [4.78, 5) is 18.7. The largest absolute Gasteiger partial charge is 0.496 e. The van der Waals surface area contributed by atoms with Crippen molar-refractivity contribution in [1.29, 1.82) is 0 Å². The van der Waals surface area contributed by atoms with E-state index in [1.54, 1.807) is 18.4 Å². The third-order valence-electron chi connectivity index (χ3n) is 4.64. The first-order valence-corrected chi connectivity index (χ1v) is 9.27. The molecule has 2 N–H and O–H groups in total. The molecule has 1 atom stereocenters. The molecule has 2 aromatic carbocycles. The van der Waals surface area contributed by atoms with Crippen molar-refractivity contribution in [2.24, 2.45) is 5.73 Å². The molecule has 0 fully saturated rings. The van der Waals surface area contributed by atoms with Crippen LogP contribution in [0.2, 0.25) is 0 Å². The monoisotopic (exact) mass is 365 g/mol. The molecule has 0 spiro atoms. The summed E-state index contributed by atoms with van der Waals surface area (Å²) >= 11 is 1.57. The van der Waals surface area contributed by atoms with E-state index in [2.05, 4.69) is 4.90 Å². The number of fused-ring (bicyclic) bond motifs is 1. The second kappa shape index (κ2) is 6.80. The van der Waals surface area contributed by atoms with Gasteiger partial charge < -0.3 is 15.4 Å². The molecule has 2 heterocycles. The molecule has 4 rings (SSSR count). The predicted molar refractivity (Wildman–Crippen MR) is 103 cm³/mol. The summed E-state index contributed by atoms with van der Waals surface area (Å²) in [5, 5.41) is 2.93. The maximum absolute atomic E-state index is 11.9. The Morgan fingerprint density at radius 2 is 2.04 bits per heavy atom. The molecular weight excluding hydrogens is 346 g/mol. The number of benzene rings is 2. The Bertz CT molecular complexity index is 953. The SMILES string of the molecule is COc1ccccc1-c1nc(CN2c3ccccc3C[C@H]2C(N)=O)cs1. The first-order valence-electron chi connectivity index (χ1n) is 8.39. The van der Waals surface area contributed by atoms with E-state index in [1.165, 1.54) is 0 Å². The lowest BCUT2D eigenvalue weighted by Gasteiger charge is -2.24. The number of rotatable bonds is 5. The molecule has 0 saturated heterocycles. The summed E-state index contributed by atoms with van der Waals surface area (Å²) in [5.41, 5.74) is 9.74. The number of nitrogens with zero attached hydrogens (tertiary/aromatic N) is 2. The van der Waals surface area contributed by atoms with E-state index < -0.39 is 0 Å². The molecule has 1 aliphatic rings. The number of anilines is 1. The second-order valence-electron chi connectivity index (χ2n) is 6.22. The summed E-state index contributed by atoms with van der Waals surface area (Å²) in [7, 11) is 1.66. The number of ether oxygens (including phenoxy) is 1. The average molecular weight is 365 g/mol. The summed E-state index contributed by atoms with van der Waals surface area (Å²) in [6, 6.07) is 15.6. The lowest BCUT2D eigenvalue weighted by atomic mass is 10.1. The van der Waals surface area contributed by atoms with E-state index >= 15 is 0 Å². The molecule has 26 heavy (non-hydrogen) atoms. The van der Waals surface area contributed by atoms with Crippen molar-refractivity contribution in [3.63, 3.8) is 0 Å². The number of nitrogens with two attached hydrogens (primary N) is 1. The van der Waals surface area contributed by atoms with Gasteiger partial charge in [-0.25, -0.2) is 4.98 Å². The van der Waals surface area contributed by atoms with Crippen molar-refractivity contribution in [2.45, 2.75) is 19.0 Å². The lowest BCUT2D eigenvalue weighted by Crippen LogP contribution is -2.42. The van der Waals surface area contributed by atoms with Gasteiger partial charge in [-0.1, -0.05) is 30.3 Å². The van der Waals surface area contributed by atoms with Crippen molar-refractivity contribution < 1.29 is 9.53 Å². The third kappa shape index (κ3) is 2.93. The second-order valence-corrected chi connectivity index (χ2v) is 7.08. The predicted octanol–water partition coefficient (Wildman–Crippen LogP) is 3.24. The van der Waals surface area contributed by atoms with E-state index in [-0.39, 0.29) is 11.9 Å². The number of aromatic nitrogens is 1. The Labute approximate surface area is 156 Å². The number of carbonyl (C=O) groups is 1. The number of para-hydroxylation sites is 2. The third-order valence-corrected chi connectivity index (χ3v) is 5.56. The summed E-state index contributed by atoms with van der Waals surface area (Å²) in [5.74, 6) is 0.497. The number of primary amides is 1. The van der Waals surface area contributed by atoms with Crippen LogP contribution in [-0.4, -0.2) is 24.0 Å². The number of methoxy groups -OCH3 is 1. The molecule has 0 bridgehead atoms. The lowest BCUT2D eigenvalue weighted by molar-refractivity contribution is -0.119. The van der Waals surface area contributed by atoms with Crippen LogP contribution < -0.4 is 15.4 Å². The number of hydrogen-bond donors (Lipinski definition) is 1. The fraction of sp³-hybridized carbons (Fsp3) is 0.200. The molecule has 1 aromatic heterocycles. The highest BCUT2D eigenvalue weighted by Gasteiger charge is 2.33. The summed E-state index contributed by atoms with van der Waals surface area (Å²) < 4.78 is 5.43. The maximum atomic E-state index is 11.9. The van der Waals surface area contributed by atoms with Gasteiger partial charge in [0, 0.05) is 17.5 Å². The highest BCUT2D eigenvalue weighted by molar-refractivity contribution is 7.13. The van der Waals surface area contributed by atoms with Gasteiger partial charge in [0.2, 0.25) is 5.91 Å². The zero-order valence-corrected chi connectivity index (χ0v) is 15.2. The van der Waals surface area contributed by atoms with Gasteiger partial charge in [-0.2, -0.15) is 0 Å². The van der Waals surface area contributed by atoms with Gasteiger partial charge in [0.25, 0.3) is 0 Å². The Kier molecular flexibility index (Phi) is 4.34. The van der Waals surface area contributed by atoms with Crippen LogP contribution in [0, 0.1) is 0 Å². The van der Waals surface area contributed by atoms with E-state index in [9.17, 15) is 4.79 Å². The molecule has 5 nitrogen and oxygen atoms in total. The summed E-state index contributed by atoms with van der Waals surface area (Å²) in [6.07, 6.45) is 0.648. The van der Waals surface area contributed by atoms with Crippen molar-refractivity contribution >= 4 is 22.9 Å². The van der Waals surface area contributed by atoms with E-state index in [0.29, 0.717) is 13.0 Å². The van der Waals surface area contributed by atoms with Crippen LogP contribution in [0.5, 0.6) is 5.75 Å². The maximum Gasteiger partial charge on any atom is 0.240 e. The van der Waals surface area contributed by atoms with Crippen LogP contribution in [0.4, 0.5) is 5.69 Å². The highest BCUT2D eigenvalue weighted by Crippen LogP contribution is 2.35. The Morgan fingerprint density at radius 3 is 2.85 bits per heavy atom. The van der Waals surface area contributed by atoms with Gasteiger partial charge in [0.15, 0.2) is 0 Å². The number of hydrogen-bond acceptors (Lipinski definition) is 5. The highest BCUT2D eigenvalue weighted by atomic mass is 32.1. The van der Waals surface area contributed by atoms with Crippen molar-refractivity contribution in [1.82, 2.24) is 4.98 Å². The minimum atomic E-state index is -0.330. The van der Waals surface area contributed by atoms with Gasteiger partial charge in [-0.05, 0) is 23.8 Å². The van der Waals surface area contributed by atoms with Crippen LogP contribution in [0.15, 0.2) is 53.9 Å². The molecule has 1 aliphatic heterocycles. The van der Waals surface area contributed by atoms with Crippen LogP contribution in [0.3, 0.4) is 0 Å². The molecule has 0 unspecified atom stereocenters. The quantitative estimate of drug-likeness (QED) is 0.754. The first kappa shape index (κ1) is 16.6. The van der Waals surface area contributed by atoms with Gasteiger partial charge >= 0.3 is 0 Å². The normalized spacial score (nSPS) is 15.7. The van der Waals surface area contributed by atoms with Gasteiger partial charge in [-0.3, -0.25) is 4.79 Å². The zero-order chi connectivity index (χ0) is 18.1. The van der Waals surface area contributed by atoms with Crippen LogP contribution in [0.1, 0.15) is 11.3 Å². The van der Waals surface area contributed by atoms with E-state index in [0.717, 1.165) is 33.3 Å². The minimum Gasteiger partial charge on any atom is -0.496 e. The van der Waals surface area contributed by atoms with Gasteiger partial charge in [0.1, 0.15) is 16.8 Å². The van der Waals surface area contributed by atoms with Gasteiger partial charge in [-0.15, -0.1) is 11.3 Å². The molecule has 132 valence electrons. The zero-order valence-electron chi connectivity index (χ0n) is 14.4. The van der Waals surface area contributed by atoms with Crippen molar-refractivity contribution in [2.75, 3.05) is 12.0 Å². The minimum absolute atomic E-state index is 0.304. The van der Waals surface area contributed by atoms with Crippen molar-refractivity contribution in [3.8, 4) is 16.3 Å². The topological polar surface area (TPSA) is 68.4 Å². The van der Waals surface area contributed by atoms with Crippen molar-refractivity contribution in [3.05, 3.63) is 65.2 Å². The van der Waals surface area contributed by atoms with Crippen LogP contribution >= 0.6 is 11.3 Å². The van der Waals surface area contributed by atoms with Crippen LogP contribution in [0.25, 0.3) is 10.6 Å². The Morgan fingerprint density at radius 1 is 1.27 bits per heavy atom. The number of thiazole rings is 1. The number of carbonyl (C=O) groups excluding carboxylic acids is 1. The molecular formula is C20H19N3O2S. The first-order chi connectivity index (χ1) is 12.7. The molecule has 0 saturated carbocycles. The van der Waals surface area contributed by atoms with E-state index in [1.807, 2.05) is 53.9 Å². The molecule has 3 aromatic rings. The molecule has 6 heteroatoms. The molecule has 0 radical (unpaired) electrons. The fourth-order valence-corrected chi connectivity index (χ4v) is 4.24. The standard InChI is InChI=1S/C20H19N3O2S/c1-25-18-9-5-3-7-15(18)20-22-14(12-26-20)11-23-16-8-4-2-6-13(16)10-17(23)19(21)24/h2-9,12,17H,10-11H2,1H3,(H2,21,24)/t17-/m0/s1. The summed E-state index contributed by atoms with van der Waals surface area (Å²) in [6.45, 7) is 0.552. The van der Waals surface area contributed by atoms with E-state index in [4.69, 9.17) is 15.5 Å². The van der Waals surface area contributed by atoms with Gasteiger partial charge in [0.05, 0.1) is 24.9 Å². The fourth-order valence-electron chi connectivity index (χ4n) is 3.40. The molecule has 0 aliphatic carbocycles. The Balaban J connectivity index is 1.63. The Hall–Kier alpha value is -2.86. The van der Waals surface area contributed by atoms with Crippen LogP contribution in [-0.2, 0) is 17.8 Å². The average Bonchev–Trinajstić information content (AvgIpc) is 3.27. The molecule has 1 amide bonds. The number of amides is 1. The smallest absolute Gasteiger partial charge is 0.240 e.